The Bertz CT molecular complexity index is 715. The SMILES string of the molecule is CN(CC(=O)Nc1ccc(Cl)c(Cl)c1)Cc1nc(C2CC2)no1. The molecule has 1 N–H and O–H groups in total. The molecule has 0 unspecified atom stereocenters. The number of carbonyl (C=O) groups excluding carboxylic acids is 1. The summed E-state index contributed by atoms with van der Waals surface area (Å²) >= 11 is 11.8. The van der Waals surface area contributed by atoms with Crippen LogP contribution in [0.15, 0.2) is 22.7 Å². The molecule has 0 spiro atoms. The third kappa shape index (κ3) is 4.43. The molecule has 1 saturated carbocycles. The second-order valence-electron chi connectivity index (χ2n) is 5.67. The van der Waals surface area contributed by atoms with Gasteiger partial charge in [0.05, 0.1) is 23.1 Å². The van der Waals surface area contributed by atoms with Crippen molar-refractivity contribution in [2.24, 2.45) is 0 Å². The van der Waals surface area contributed by atoms with Crippen LogP contribution in [0.25, 0.3) is 0 Å². The van der Waals surface area contributed by atoms with Gasteiger partial charge in [-0.25, -0.2) is 0 Å². The van der Waals surface area contributed by atoms with Crippen LogP contribution >= 0.6 is 23.2 Å². The summed E-state index contributed by atoms with van der Waals surface area (Å²) in [4.78, 5) is 18.2. The van der Waals surface area contributed by atoms with E-state index in [1.807, 2.05) is 7.05 Å². The average molecular weight is 355 g/mol. The third-order valence-corrected chi connectivity index (χ3v) is 4.19. The Hall–Kier alpha value is -1.63. The Kier molecular flexibility index (Phi) is 4.84. The van der Waals surface area contributed by atoms with Gasteiger partial charge in [0.25, 0.3) is 0 Å². The van der Waals surface area contributed by atoms with Crippen LogP contribution in [0.1, 0.15) is 30.5 Å². The summed E-state index contributed by atoms with van der Waals surface area (Å²) in [7, 11) is 1.81. The van der Waals surface area contributed by atoms with Crippen LogP contribution in [-0.4, -0.2) is 34.5 Å². The zero-order valence-electron chi connectivity index (χ0n) is 12.6. The largest absolute Gasteiger partial charge is 0.338 e. The van der Waals surface area contributed by atoms with E-state index in [9.17, 15) is 4.79 Å². The van der Waals surface area contributed by atoms with Gasteiger partial charge in [0.1, 0.15) is 0 Å². The lowest BCUT2D eigenvalue weighted by Gasteiger charge is -2.14. The highest BCUT2D eigenvalue weighted by Crippen LogP contribution is 2.38. The number of nitrogens with zero attached hydrogens (tertiary/aromatic N) is 3. The van der Waals surface area contributed by atoms with Crippen LogP contribution in [0, 0.1) is 0 Å². The van der Waals surface area contributed by atoms with Gasteiger partial charge < -0.3 is 9.84 Å². The smallest absolute Gasteiger partial charge is 0.240 e. The van der Waals surface area contributed by atoms with Gasteiger partial charge in [0.2, 0.25) is 11.8 Å². The molecule has 23 heavy (non-hydrogen) atoms. The van der Waals surface area contributed by atoms with Crippen molar-refractivity contribution < 1.29 is 9.32 Å². The van der Waals surface area contributed by atoms with Gasteiger partial charge >= 0.3 is 0 Å². The predicted molar refractivity (Wildman–Crippen MR) is 87.7 cm³/mol. The van der Waals surface area contributed by atoms with Gasteiger partial charge in [0.15, 0.2) is 5.82 Å². The average Bonchev–Trinajstić information content (AvgIpc) is 3.23. The number of anilines is 1. The van der Waals surface area contributed by atoms with E-state index < -0.39 is 0 Å². The van der Waals surface area contributed by atoms with Gasteiger partial charge in [-0.2, -0.15) is 4.98 Å². The van der Waals surface area contributed by atoms with Crippen LogP contribution in [-0.2, 0) is 11.3 Å². The lowest BCUT2D eigenvalue weighted by Crippen LogP contribution is -2.29. The van der Waals surface area contributed by atoms with Crippen molar-refractivity contribution in [2.45, 2.75) is 25.3 Å². The Labute approximate surface area is 143 Å². The number of carbonyl (C=O) groups is 1. The van der Waals surface area contributed by atoms with E-state index in [1.165, 1.54) is 0 Å². The topological polar surface area (TPSA) is 71.3 Å². The fourth-order valence-electron chi connectivity index (χ4n) is 2.15. The molecule has 1 heterocycles. The Morgan fingerprint density at radius 3 is 2.87 bits per heavy atom. The van der Waals surface area contributed by atoms with Crippen molar-refractivity contribution >= 4 is 34.8 Å². The maximum Gasteiger partial charge on any atom is 0.240 e. The summed E-state index contributed by atoms with van der Waals surface area (Å²) in [6.07, 6.45) is 2.25. The minimum Gasteiger partial charge on any atom is -0.338 e. The molecule has 1 fully saturated rings. The highest BCUT2D eigenvalue weighted by molar-refractivity contribution is 6.42. The summed E-state index contributed by atoms with van der Waals surface area (Å²) < 4.78 is 5.20. The number of halogens is 2. The summed E-state index contributed by atoms with van der Waals surface area (Å²) in [6.45, 7) is 0.621. The molecule has 122 valence electrons. The van der Waals surface area contributed by atoms with E-state index in [0.717, 1.165) is 18.7 Å². The number of hydrogen-bond acceptors (Lipinski definition) is 5. The Morgan fingerprint density at radius 1 is 1.39 bits per heavy atom. The van der Waals surface area contributed by atoms with Gasteiger partial charge in [-0.05, 0) is 38.1 Å². The van der Waals surface area contributed by atoms with Crippen LogP contribution in [0.4, 0.5) is 5.69 Å². The first-order chi connectivity index (χ1) is 11.0. The summed E-state index contributed by atoms with van der Waals surface area (Å²) in [6, 6.07) is 4.95. The van der Waals surface area contributed by atoms with Gasteiger partial charge in [-0.15, -0.1) is 0 Å². The lowest BCUT2D eigenvalue weighted by molar-refractivity contribution is -0.117. The van der Waals surface area contributed by atoms with E-state index in [1.54, 1.807) is 23.1 Å². The zero-order chi connectivity index (χ0) is 16.4. The molecule has 1 aromatic carbocycles. The lowest BCUT2D eigenvalue weighted by atomic mass is 10.3. The number of benzene rings is 1. The fraction of sp³-hybridized carbons (Fsp3) is 0.400. The maximum atomic E-state index is 12.0. The molecule has 0 aliphatic heterocycles. The highest BCUT2D eigenvalue weighted by atomic mass is 35.5. The van der Waals surface area contributed by atoms with Crippen LogP contribution < -0.4 is 5.32 Å². The van der Waals surface area contributed by atoms with Gasteiger partial charge in [-0.3, -0.25) is 9.69 Å². The van der Waals surface area contributed by atoms with Crippen molar-refractivity contribution in [3.63, 3.8) is 0 Å². The third-order valence-electron chi connectivity index (χ3n) is 3.45. The highest BCUT2D eigenvalue weighted by Gasteiger charge is 2.28. The zero-order valence-corrected chi connectivity index (χ0v) is 14.1. The van der Waals surface area contributed by atoms with Crippen molar-refractivity contribution in [3.05, 3.63) is 40.0 Å². The van der Waals surface area contributed by atoms with E-state index in [4.69, 9.17) is 27.7 Å². The molecule has 0 bridgehead atoms. The van der Waals surface area contributed by atoms with Crippen LogP contribution in [0.5, 0.6) is 0 Å². The van der Waals surface area contributed by atoms with Crippen molar-refractivity contribution in [3.8, 4) is 0 Å². The minimum absolute atomic E-state index is 0.159. The maximum absolute atomic E-state index is 12.0. The van der Waals surface area contributed by atoms with E-state index in [-0.39, 0.29) is 12.5 Å². The molecule has 1 aromatic heterocycles. The molecule has 8 heteroatoms. The molecular formula is C15H16Cl2N4O2. The van der Waals surface area contributed by atoms with E-state index in [0.29, 0.717) is 34.1 Å². The van der Waals surface area contributed by atoms with Crippen LogP contribution in [0.2, 0.25) is 10.0 Å². The molecule has 1 aliphatic rings. The summed E-state index contributed by atoms with van der Waals surface area (Å²) in [5.74, 6) is 1.59. The van der Waals surface area contributed by atoms with E-state index in [2.05, 4.69) is 15.5 Å². The number of aromatic nitrogens is 2. The van der Waals surface area contributed by atoms with Gasteiger partial charge in [0, 0.05) is 11.6 Å². The second kappa shape index (κ2) is 6.86. The Morgan fingerprint density at radius 2 is 2.17 bits per heavy atom. The van der Waals surface area contributed by atoms with Crippen molar-refractivity contribution in [1.82, 2.24) is 15.0 Å². The normalized spacial score (nSPS) is 14.3. The molecule has 1 amide bonds. The summed E-state index contributed by atoms with van der Waals surface area (Å²) in [5.41, 5.74) is 0.603. The number of nitrogens with one attached hydrogen (secondary N) is 1. The number of hydrogen-bond donors (Lipinski definition) is 1. The van der Waals surface area contributed by atoms with Crippen LogP contribution in [0.3, 0.4) is 0 Å². The molecule has 1 aliphatic carbocycles. The van der Waals surface area contributed by atoms with Crippen molar-refractivity contribution in [2.75, 3.05) is 18.9 Å². The molecule has 0 radical (unpaired) electrons. The fourth-order valence-corrected chi connectivity index (χ4v) is 2.44. The van der Waals surface area contributed by atoms with Crippen molar-refractivity contribution in [1.29, 1.82) is 0 Å². The molecule has 6 nitrogen and oxygen atoms in total. The molecule has 3 rings (SSSR count). The number of rotatable bonds is 6. The molecule has 2 aromatic rings. The van der Waals surface area contributed by atoms with Gasteiger partial charge in [-0.1, -0.05) is 28.4 Å². The second-order valence-corrected chi connectivity index (χ2v) is 6.48. The minimum atomic E-state index is -0.159. The van der Waals surface area contributed by atoms with E-state index >= 15 is 0 Å². The first-order valence-corrected chi connectivity index (χ1v) is 8.03. The summed E-state index contributed by atoms with van der Waals surface area (Å²) in [5, 5.41) is 7.57. The monoisotopic (exact) mass is 354 g/mol. The quantitative estimate of drug-likeness (QED) is 0.861. The molecule has 0 saturated heterocycles. The number of amides is 1. The first kappa shape index (κ1) is 16.2. The predicted octanol–water partition coefficient (Wildman–Crippen LogP) is 3.32. The molecular weight excluding hydrogens is 339 g/mol. The number of likely N-dealkylation sites (N-methyl/N-ethyl adjacent to an activating group) is 1. The molecule has 0 atom stereocenters. The standard InChI is InChI=1S/C15H16Cl2N4O2/c1-21(8-14-19-15(20-23-14)9-2-3-9)7-13(22)18-10-4-5-11(16)12(17)6-10/h4-6,9H,2-3,7-8H2,1H3,(H,18,22). The first-order valence-electron chi connectivity index (χ1n) is 7.27. The Balaban J connectivity index is 1.50.